The maximum Gasteiger partial charge on any atom is 0.251 e. The molecular weight excluding hydrogens is 499 g/mol. The van der Waals surface area contributed by atoms with Crippen molar-refractivity contribution < 1.29 is 9.53 Å². The zero-order valence-corrected chi connectivity index (χ0v) is 19.6. The van der Waals surface area contributed by atoms with E-state index in [0.29, 0.717) is 6.61 Å². The number of rotatable bonds is 5. The molecule has 27 heavy (non-hydrogen) atoms. The number of halogens is 2. The quantitative estimate of drug-likeness (QED) is 0.364. The highest BCUT2D eigenvalue weighted by atomic mass is 127. The number of piperazine rings is 1. The van der Waals surface area contributed by atoms with Gasteiger partial charge in [0.2, 0.25) is 0 Å². The maximum absolute atomic E-state index is 12.5. The average Bonchev–Trinajstić information content (AvgIpc) is 3.32. The van der Waals surface area contributed by atoms with Gasteiger partial charge in [0, 0.05) is 57.2 Å². The number of nitrogens with one attached hydrogen (secondary N) is 1. The fourth-order valence-electron chi connectivity index (χ4n) is 3.30. The van der Waals surface area contributed by atoms with Gasteiger partial charge in [-0.25, -0.2) is 0 Å². The van der Waals surface area contributed by atoms with E-state index in [1.165, 1.54) is 4.88 Å². The van der Waals surface area contributed by atoms with Crippen molar-refractivity contribution in [2.24, 2.45) is 4.99 Å². The lowest BCUT2D eigenvalue weighted by Gasteiger charge is -2.37. The van der Waals surface area contributed by atoms with Crippen molar-refractivity contribution in [1.82, 2.24) is 15.1 Å². The van der Waals surface area contributed by atoms with E-state index in [2.05, 4.69) is 23.2 Å². The van der Waals surface area contributed by atoms with E-state index in [-0.39, 0.29) is 36.0 Å². The van der Waals surface area contributed by atoms with E-state index in [4.69, 9.17) is 21.3 Å². The summed E-state index contributed by atoms with van der Waals surface area (Å²) in [6, 6.07) is 3.99. The van der Waals surface area contributed by atoms with Crippen molar-refractivity contribution in [1.29, 1.82) is 0 Å². The minimum absolute atomic E-state index is 0. The topological polar surface area (TPSA) is 57.2 Å². The van der Waals surface area contributed by atoms with E-state index in [1.54, 1.807) is 11.3 Å². The molecule has 2 saturated heterocycles. The van der Waals surface area contributed by atoms with Crippen LogP contribution in [0.25, 0.3) is 0 Å². The van der Waals surface area contributed by atoms with E-state index < -0.39 is 0 Å². The molecule has 1 aromatic heterocycles. The van der Waals surface area contributed by atoms with Crippen molar-refractivity contribution in [2.45, 2.75) is 32.3 Å². The molecule has 0 spiro atoms. The van der Waals surface area contributed by atoms with Crippen LogP contribution < -0.4 is 5.32 Å². The van der Waals surface area contributed by atoms with Crippen LogP contribution >= 0.6 is 46.9 Å². The van der Waals surface area contributed by atoms with Gasteiger partial charge in [-0.15, -0.1) is 35.3 Å². The Kier molecular flexibility index (Phi) is 9.61. The molecule has 0 bridgehead atoms. The molecule has 2 fully saturated rings. The number of nitrogens with zero attached hydrogens (tertiary/aromatic N) is 3. The summed E-state index contributed by atoms with van der Waals surface area (Å²) >= 11 is 7.59. The van der Waals surface area contributed by atoms with Gasteiger partial charge in [-0.3, -0.25) is 9.79 Å². The molecule has 1 aromatic rings. The SMILES string of the molecule is CCNC(=NCCc1ccc(Cl)s1)N1CCN(C(=O)C2CCCO2)CC1.I. The Morgan fingerprint density at radius 2 is 2.07 bits per heavy atom. The van der Waals surface area contributed by atoms with Gasteiger partial charge >= 0.3 is 0 Å². The van der Waals surface area contributed by atoms with Crippen LogP contribution in [0.15, 0.2) is 17.1 Å². The van der Waals surface area contributed by atoms with Gasteiger partial charge in [-0.2, -0.15) is 0 Å². The van der Waals surface area contributed by atoms with Crippen molar-refractivity contribution >= 4 is 58.8 Å². The fourth-order valence-corrected chi connectivity index (χ4v) is 4.37. The summed E-state index contributed by atoms with van der Waals surface area (Å²) in [5.74, 6) is 1.08. The van der Waals surface area contributed by atoms with Crippen LogP contribution in [0.2, 0.25) is 4.34 Å². The molecule has 9 heteroatoms. The van der Waals surface area contributed by atoms with Gasteiger partial charge in [-0.05, 0) is 31.9 Å². The molecule has 1 amide bonds. The van der Waals surface area contributed by atoms with E-state index in [1.807, 2.05) is 11.0 Å². The lowest BCUT2D eigenvalue weighted by atomic mass is 10.2. The molecule has 6 nitrogen and oxygen atoms in total. The van der Waals surface area contributed by atoms with Gasteiger partial charge < -0.3 is 19.9 Å². The predicted octanol–water partition coefficient (Wildman–Crippen LogP) is 2.85. The molecule has 1 unspecified atom stereocenters. The zero-order chi connectivity index (χ0) is 18.4. The van der Waals surface area contributed by atoms with Crippen LogP contribution in [0.3, 0.4) is 0 Å². The molecule has 1 N–H and O–H groups in total. The number of hydrogen-bond acceptors (Lipinski definition) is 4. The minimum Gasteiger partial charge on any atom is -0.368 e. The van der Waals surface area contributed by atoms with E-state index in [0.717, 1.165) is 68.8 Å². The van der Waals surface area contributed by atoms with Gasteiger partial charge in [0.25, 0.3) is 5.91 Å². The second-order valence-corrected chi connectivity index (χ2v) is 8.31. The average molecular weight is 527 g/mol. The molecule has 0 saturated carbocycles. The van der Waals surface area contributed by atoms with Crippen molar-refractivity contribution in [3.63, 3.8) is 0 Å². The third-order valence-corrected chi connectivity index (χ3v) is 5.97. The van der Waals surface area contributed by atoms with Crippen LogP contribution in [-0.4, -0.2) is 73.6 Å². The monoisotopic (exact) mass is 526 g/mol. The number of amides is 1. The second kappa shape index (κ2) is 11.4. The summed E-state index contributed by atoms with van der Waals surface area (Å²) < 4.78 is 6.35. The molecule has 3 heterocycles. The number of guanidine groups is 1. The third kappa shape index (κ3) is 6.47. The van der Waals surface area contributed by atoms with E-state index >= 15 is 0 Å². The van der Waals surface area contributed by atoms with Crippen molar-refractivity contribution in [3.8, 4) is 0 Å². The number of carbonyl (C=O) groups excluding carboxylic acids is 1. The highest BCUT2D eigenvalue weighted by molar-refractivity contribution is 14.0. The Morgan fingerprint density at radius 1 is 1.33 bits per heavy atom. The molecular formula is C18H28ClIN4O2S. The number of ether oxygens (including phenoxy) is 1. The summed E-state index contributed by atoms with van der Waals surface area (Å²) in [5.41, 5.74) is 0. The van der Waals surface area contributed by atoms with Crippen LogP contribution in [0.4, 0.5) is 0 Å². The lowest BCUT2D eigenvalue weighted by Crippen LogP contribution is -2.55. The first kappa shape index (κ1) is 22.7. The van der Waals surface area contributed by atoms with Gasteiger partial charge in [-0.1, -0.05) is 11.6 Å². The first-order valence-electron chi connectivity index (χ1n) is 9.35. The Hall–Kier alpha value is -0.580. The summed E-state index contributed by atoms with van der Waals surface area (Å²) in [6.45, 7) is 7.40. The molecule has 2 aliphatic rings. The summed E-state index contributed by atoms with van der Waals surface area (Å²) in [4.78, 5) is 22.6. The smallest absolute Gasteiger partial charge is 0.251 e. The summed E-state index contributed by atoms with van der Waals surface area (Å²) in [6.07, 6.45) is 2.52. The Labute approximate surface area is 187 Å². The zero-order valence-electron chi connectivity index (χ0n) is 15.7. The minimum atomic E-state index is -0.221. The number of carbonyl (C=O) groups is 1. The van der Waals surface area contributed by atoms with Crippen LogP contribution in [0.5, 0.6) is 0 Å². The maximum atomic E-state index is 12.5. The summed E-state index contributed by atoms with van der Waals surface area (Å²) in [7, 11) is 0. The molecule has 2 aliphatic heterocycles. The van der Waals surface area contributed by atoms with Crippen molar-refractivity contribution in [3.05, 3.63) is 21.3 Å². The van der Waals surface area contributed by atoms with Crippen LogP contribution in [0.1, 0.15) is 24.6 Å². The lowest BCUT2D eigenvalue weighted by molar-refractivity contribution is -0.142. The highest BCUT2D eigenvalue weighted by Gasteiger charge is 2.30. The Morgan fingerprint density at radius 3 is 2.67 bits per heavy atom. The molecule has 1 atom stereocenters. The molecule has 152 valence electrons. The molecule has 0 aromatic carbocycles. The normalized spacial score (nSPS) is 20.5. The molecule has 0 radical (unpaired) electrons. The van der Waals surface area contributed by atoms with Gasteiger partial charge in [0.15, 0.2) is 5.96 Å². The van der Waals surface area contributed by atoms with Crippen LogP contribution in [-0.2, 0) is 16.0 Å². The Bertz CT molecular complexity index is 629. The first-order valence-corrected chi connectivity index (χ1v) is 10.5. The first-order chi connectivity index (χ1) is 12.7. The number of hydrogen-bond donors (Lipinski definition) is 1. The number of aliphatic imine (C=N–C) groups is 1. The molecule has 0 aliphatic carbocycles. The second-order valence-electron chi connectivity index (χ2n) is 6.51. The van der Waals surface area contributed by atoms with Gasteiger partial charge in [0.1, 0.15) is 6.10 Å². The van der Waals surface area contributed by atoms with Crippen LogP contribution in [0, 0.1) is 0 Å². The largest absolute Gasteiger partial charge is 0.368 e. The predicted molar refractivity (Wildman–Crippen MR) is 122 cm³/mol. The molecule has 3 rings (SSSR count). The Balaban J connectivity index is 0.00000261. The third-order valence-electron chi connectivity index (χ3n) is 4.68. The highest BCUT2D eigenvalue weighted by Crippen LogP contribution is 2.21. The number of thiophene rings is 1. The fraction of sp³-hybridized carbons (Fsp3) is 0.667. The van der Waals surface area contributed by atoms with Gasteiger partial charge in [0.05, 0.1) is 4.34 Å². The van der Waals surface area contributed by atoms with E-state index in [9.17, 15) is 4.79 Å². The summed E-state index contributed by atoms with van der Waals surface area (Å²) in [5, 5.41) is 3.37. The standard InChI is InChI=1S/C18H27ClN4O2S.HI/c1-2-20-18(21-8-7-14-5-6-16(19)26-14)23-11-9-22(10-12-23)17(24)15-4-3-13-25-15;/h5-6,15H,2-4,7-13H2,1H3,(H,20,21);1H. The van der Waals surface area contributed by atoms with Crippen molar-refractivity contribution in [2.75, 3.05) is 45.9 Å².